The van der Waals surface area contributed by atoms with E-state index >= 15 is 0 Å². The molecule has 4 nitrogen and oxygen atoms in total. The molecular formula is C11H11CoO4S2+. The molecule has 18 heavy (non-hydrogen) atoms. The van der Waals surface area contributed by atoms with Crippen LogP contribution < -0.4 is 0 Å². The number of carbonyl (C=O) groups is 2. The summed E-state index contributed by atoms with van der Waals surface area (Å²) in [7, 11) is 2.29. The van der Waals surface area contributed by atoms with Gasteiger partial charge in [0.1, 0.15) is 0 Å². The summed E-state index contributed by atoms with van der Waals surface area (Å²) in [4.78, 5) is 20.8. The Morgan fingerprint density at radius 2 is 1.00 bits per heavy atom. The van der Waals surface area contributed by atoms with Gasteiger partial charge in [0.05, 0.1) is 14.2 Å². The third-order valence-electron chi connectivity index (χ3n) is 1.50. The van der Waals surface area contributed by atoms with Gasteiger partial charge in [-0.15, -0.1) is 9.81 Å². The van der Waals surface area contributed by atoms with E-state index in [1.54, 1.807) is 0 Å². The Hall–Kier alpha value is -0.374. The second-order valence-electron chi connectivity index (χ2n) is 2.60. The Morgan fingerprint density at radius 3 is 1.17 bits per heavy atom. The zero-order chi connectivity index (χ0) is 13.3. The molecule has 0 amide bonds. The van der Waals surface area contributed by atoms with Gasteiger partial charge < -0.3 is 34.7 Å². The number of hydrogen-bond donors (Lipinski definition) is 0. The zero-order valence-electron chi connectivity index (χ0n) is 9.67. The van der Waals surface area contributed by atoms with Gasteiger partial charge in [-0.05, 0) is 32.1 Å². The van der Waals surface area contributed by atoms with Crippen molar-refractivity contribution in [1.82, 2.24) is 0 Å². The first-order valence-corrected chi connectivity index (χ1v) is 5.27. The molecule has 99 valence electrons. The van der Waals surface area contributed by atoms with Gasteiger partial charge in [0.25, 0.3) is 0 Å². The molecule has 0 aromatic rings. The molecule has 1 aliphatic rings. The van der Waals surface area contributed by atoms with Gasteiger partial charge in [-0.25, -0.2) is 9.59 Å². The molecule has 0 bridgehead atoms. The molecule has 0 aliphatic heterocycles. The van der Waals surface area contributed by atoms with E-state index in [1.165, 1.54) is 0 Å². The van der Waals surface area contributed by atoms with Crippen LogP contribution in [0.25, 0.3) is 0 Å². The Balaban J connectivity index is 0. The molecule has 1 saturated carbocycles. The number of methoxy groups -OCH3 is 2. The molecule has 0 N–H and O–H groups in total. The van der Waals surface area contributed by atoms with Gasteiger partial charge in [-0.2, -0.15) is 0 Å². The van der Waals surface area contributed by atoms with E-state index in [0.29, 0.717) is 0 Å². The van der Waals surface area contributed by atoms with E-state index < -0.39 is 11.9 Å². The summed E-state index contributed by atoms with van der Waals surface area (Å²) in [5, 5.41) is 0. The molecule has 0 heterocycles. The Bertz CT molecular complexity index is 270. The first kappa shape index (κ1) is 20.0. The van der Waals surface area contributed by atoms with Crippen molar-refractivity contribution in [3.63, 3.8) is 0 Å². The summed E-state index contributed by atoms with van der Waals surface area (Å²) in [6.45, 7) is 0. The molecule has 0 aromatic heterocycles. The summed E-state index contributed by atoms with van der Waals surface area (Å²) >= 11 is 9.05. The minimum absolute atomic E-state index is 0. The van der Waals surface area contributed by atoms with Crippen LogP contribution >= 0.6 is 0 Å². The molecule has 1 fully saturated rings. The molecule has 0 atom stereocenters. The molecule has 5 radical (unpaired) electrons. The van der Waals surface area contributed by atoms with Gasteiger partial charge >= 0.3 is 28.7 Å². The van der Waals surface area contributed by atoms with Crippen molar-refractivity contribution in [2.24, 2.45) is 0 Å². The number of carbonyl (C=O) groups excluding carboxylic acids is 2. The van der Waals surface area contributed by atoms with Crippen LogP contribution in [0, 0.1) is 32.1 Å². The van der Waals surface area contributed by atoms with Crippen LogP contribution in [-0.2, 0) is 61.1 Å². The Morgan fingerprint density at radius 1 is 0.778 bits per heavy atom. The zero-order valence-corrected chi connectivity index (χ0v) is 12.3. The molecule has 7 heteroatoms. The third-order valence-corrected chi connectivity index (χ3v) is 2.37. The first-order valence-electron chi connectivity index (χ1n) is 4.46. The van der Waals surface area contributed by atoms with Crippen molar-refractivity contribution in [2.45, 2.75) is 0 Å². The number of rotatable bonds is 2. The van der Waals surface area contributed by atoms with Gasteiger partial charge in [0.2, 0.25) is 0 Å². The van der Waals surface area contributed by atoms with Crippen LogP contribution in [0.3, 0.4) is 0 Å². The first-order chi connectivity index (χ1) is 8.04. The second kappa shape index (κ2) is 11.7. The fraction of sp³-hybridized carbons (Fsp3) is 0.182. The maximum Gasteiger partial charge on any atom is 3.00 e. The summed E-state index contributed by atoms with van der Waals surface area (Å²) in [5.41, 5.74) is 0. The van der Waals surface area contributed by atoms with Crippen LogP contribution in [0.4, 0.5) is 0 Å². The predicted octanol–water partition coefficient (Wildman–Crippen LogP) is 0.657. The normalized spacial score (nSPS) is 14.3. The van der Waals surface area contributed by atoms with Gasteiger partial charge in [0, 0.05) is 0 Å². The third kappa shape index (κ3) is 7.86. The van der Waals surface area contributed by atoms with E-state index in [4.69, 9.17) is 0 Å². The molecule has 0 saturated heterocycles. The molecular weight excluding hydrogens is 319 g/mol. The van der Waals surface area contributed by atoms with Crippen molar-refractivity contribution < 1.29 is 35.8 Å². The van der Waals surface area contributed by atoms with Crippen LogP contribution in [0.5, 0.6) is 0 Å². The predicted molar refractivity (Wildman–Crippen MR) is 67.3 cm³/mol. The molecule has 0 unspecified atom stereocenters. The summed E-state index contributed by atoms with van der Waals surface area (Å²) < 4.78 is 8.50. The number of hydrogen-bond acceptors (Lipinski definition) is 6. The SMILES string of the molecule is COC(=O)/C([S-])=C(/[S-])C(=O)OC.[CH]1[CH][CH][CH][CH]1.[Co+3]. The standard InChI is InChI=1S/C6H8O4S2.C5H5.Co/c1-9-5(7)3(11)4(12)6(8)10-2;1-2-4-5-3-1;/h11-12H,1-2H3;1-5H;/q;;+3/p-2/b4-3-;;. The topological polar surface area (TPSA) is 52.6 Å². The van der Waals surface area contributed by atoms with E-state index in [2.05, 4.69) is 34.7 Å². The Kier molecular flexibility index (Phi) is 13.0. The molecule has 1 rings (SSSR count). The monoisotopic (exact) mass is 330 g/mol. The van der Waals surface area contributed by atoms with Crippen molar-refractivity contribution in [1.29, 1.82) is 0 Å². The van der Waals surface area contributed by atoms with Crippen LogP contribution in [0.2, 0.25) is 0 Å². The average Bonchev–Trinajstić information content (AvgIpc) is 2.93. The maximum atomic E-state index is 10.7. The maximum absolute atomic E-state index is 10.7. The molecule has 1 aliphatic carbocycles. The number of ether oxygens (including phenoxy) is 2. The van der Waals surface area contributed by atoms with Crippen molar-refractivity contribution >= 4 is 37.2 Å². The van der Waals surface area contributed by atoms with Gasteiger partial charge in [-0.1, -0.05) is 0 Å². The average molecular weight is 330 g/mol. The van der Waals surface area contributed by atoms with Crippen LogP contribution in [0.15, 0.2) is 9.81 Å². The summed E-state index contributed by atoms with van der Waals surface area (Å²) in [6.07, 6.45) is 10.0. The quantitative estimate of drug-likeness (QED) is 0.421. The number of esters is 2. The fourth-order valence-corrected chi connectivity index (χ4v) is 1.02. The van der Waals surface area contributed by atoms with Crippen LogP contribution in [0.1, 0.15) is 0 Å². The van der Waals surface area contributed by atoms with Crippen molar-refractivity contribution in [3.05, 3.63) is 41.9 Å². The van der Waals surface area contributed by atoms with Crippen molar-refractivity contribution in [2.75, 3.05) is 14.2 Å². The summed E-state index contributed by atoms with van der Waals surface area (Å²) in [6, 6.07) is 0. The molecule has 0 aromatic carbocycles. The second-order valence-corrected chi connectivity index (χ2v) is 3.42. The largest absolute Gasteiger partial charge is 3.00 e. The fourth-order valence-electron chi connectivity index (χ4n) is 0.692. The van der Waals surface area contributed by atoms with E-state index in [-0.39, 0.29) is 26.6 Å². The smallest absolute Gasteiger partial charge is 0.774 e. The van der Waals surface area contributed by atoms with Crippen LogP contribution in [-0.4, -0.2) is 26.2 Å². The Labute approximate surface area is 129 Å². The summed E-state index contributed by atoms with van der Waals surface area (Å²) in [5.74, 6) is -1.61. The van der Waals surface area contributed by atoms with E-state index in [0.717, 1.165) is 14.2 Å². The molecule has 0 spiro atoms. The van der Waals surface area contributed by atoms with E-state index in [1.807, 2.05) is 32.1 Å². The minimum atomic E-state index is -0.805. The van der Waals surface area contributed by atoms with E-state index in [9.17, 15) is 9.59 Å². The van der Waals surface area contributed by atoms with Crippen molar-refractivity contribution in [3.8, 4) is 0 Å². The van der Waals surface area contributed by atoms with Gasteiger partial charge in [0.15, 0.2) is 0 Å². The van der Waals surface area contributed by atoms with Gasteiger partial charge in [-0.3, -0.25) is 0 Å². The minimum Gasteiger partial charge on any atom is -0.774 e.